The van der Waals surface area contributed by atoms with Crippen LogP contribution in [0, 0.1) is 0 Å². The lowest BCUT2D eigenvalue weighted by Crippen LogP contribution is -2.29. The molecule has 1 saturated heterocycles. The van der Waals surface area contributed by atoms with Crippen molar-refractivity contribution in [2.24, 2.45) is 0 Å². The zero-order valence-electron chi connectivity index (χ0n) is 13.3. The molecule has 0 unspecified atom stereocenters. The van der Waals surface area contributed by atoms with E-state index in [2.05, 4.69) is 6.92 Å². The van der Waals surface area contributed by atoms with Crippen LogP contribution in [-0.4, -0.2) is 40.9 Å². The number of carbonyl (C=O) groups excluding carboxylic acids is 2. The third-order valence-corrected chi connectivity index (χ3v) is 4.18. The molecular formula is C18H25NO3. The number of nitrogens with zero attached hydrogens (tertiary/aromatic N) is 1. The Balaban J connectivity index is 1.80. The highest BCUT2D eigenvalue weighted by atomic mass is 16.3. The summed E-state index contributed by atoms with van der Waals surface area (Å²) in [6, 6.07) is 7.72. The fourth-order valence-electron chi connectivity index (χ4n) is 2.73. The van der Waals surface area contributed by atoms with Crippen LogP contribution in [0.1, 0.15) is 54.9 Å². The lowest BCUT2D eigenvalue weighted by molar-refractivity contribution is -0.130. The molecule has 1 aliphatic rings. The maximum atomic E-state index is 12.1. The number of ketones is 1. The van der Waals surface area contributed by atoms with Crippen LogP contribution in [-0.2, 0) is 11.2 Å². The summed E-state index contributed by atoms with van der Waals surface area (Å²) in [6.07, 6.45) is 4.05. The van der Waals surface area contributed by atoms with Crippen molar-refractivity contribution < 1.29 is 14.7 Å². The largest absolute Gasteiger partial charge is 0.391 e. The van der Waals surface area contributed by atoms with E-state index in [1.165, 1.54) is 5.56 Å². The van der Waals surface area contributed by atoms with Gasteiger partial charge in [0.1, 0.15) is 0 Å². The van der Waals surface area contributed by atoms with Crippen LogP contribution in [0.2, 0.25) is 0 Å². The molecule has 0 aromatic heterocycles. The van der Waals surface area contributed by atoms with Gasteiger partial charge in [0.05, 0.1) is 6.10 Å². The van der Waals surface area contributed by atoms with E-state index in [-0.39, 0.29) is 24.5 Å². The van der Waals surface area contributed by atoms with Gasteiger partial charge in [0, 0.05) is 31.5 Å². The monoisotopic (exact) mass is 303 g/mol. The third-order valence-electron chi connectivity index (χ3n) is 4.18. The number of aliphatic hydroxyl groups excluding tert-OH is 1. The van der Waals surface area contributed by atoms with Gasteiger partial charge in [0.25, 0.3) is 0 Å². The van der Waals surface area contributed by atoms with Crippen LogP contribution >= 0.6 is 0 Å². The Kier molecular flexibility index (Phi) is 6.13. The molecule has 1 atom stereocenters. The third kappa shape index (κ3) is 4.67. The first kappa shape index (κ1) is 16.7. The number of rotatable bonds is 7. The summed E-state index contributed by atoms with van der Waals surface area (Å²) in [5.74, 6) is -0.0281. The second-order valence-electron chi connectivity index (χ2n) is 6.01. The van der Waals surface area contributed by atoms with E-state index in [1.54, 1.807) is 4.90 Å². The van der Waals surface area contributed by atoms with Crippen molar-refractivity contribution in [2.45, 2.75) is 51.6 Å². The normalized spacial score (nSPS) is 17.7. The summed E-state index contributed by atoms with van der Waals surface area (Å²) < 4.78 is 0. The highest BCUT2D eigenvalue weighted by Gasteiger charge is 2.24. The molecule has 0 spiro atoms. The molecule has 4 nitrogen and oxygen atoms in total. The quantitative estimate of drug-likeness (QED) is 0.788. The minimum atomic E-state index is -0.407. The van der Waals surface area contributed by atoms with Crippen molar-refractivity contribution in [3.05, 3.63) is 35.4 Å². The summed E-state index contributed by atoms with van der Waals surface area (Å²) >= 11 is 0. The van der Waals surface area contributed by atoms with E-state index in [9.17, 15) is 14.7 Å². The van der Waals surface area contributed by atoms with Gasteiger partial charge in [0.2, 0.25) is 5.91 Å². The number of unbranched alkanes of at least 4 members (excludes halogenated alkanes) is 1. The Morgan fingerprint density at radius 1 is 1.23 bits per heavy atom. The number of Topliss-reactive ketones (excluding diaryl/α,β-unsaturated/α-hetero) is 1. The highest BCUT2D eigenvalue weighted by Crippen LogP contribution is 2.14. The summed E-state index contributed by atoms with van der Waals surface area (Å²) in [4.78, 5) is 25.7. The number of β-amino-alcohol motifs (C(OH)–C–C–N with tert-alkyl or cyclic N) is 1. The molecule has 0 radical (unpaired) electrons. The number of hydrogen-bond acceptors (Lipinski definition) is 3. The van der Waals surface area contributed by atoms with Gasteiger partial charge < -0.3 is 10.0 Å². The molecule has 1 N–H and O–H groups in total. The van der Waals surface area contributed by atoms with Crippen LogP contribution in [0.15, 0.2) is 24.3 Å². The van der Waals surface area contributed by atoms with Crippen LogP contribution in [0.25, 0.3) is 0 Å². The van der Waals surface area contributed by atoms with Gasteiger partial charge in [-0.05, 0) is 24.8 Å². The second kappa shape index (κ2) is 8.08. The van der Waals surface area contributed by atoms with E-state index >= 15 is 0 Å². The Morgan fingerprint density at radius 3 is 2.55 bits per heavy atom. The number of aryl methyl sites for hydroxylation is 1. The molecule has 0 aliphatic carbocycles. The van der Waals surface area contributed by atoms with Crippen LogP contribution in [0.4, 0.5) is 0 Å². The Hall–Kier alpha value is -1.68. The van der Waals surface area contributed by atoms with Gasteiger partial charge in [-0.25, -0.2) is 0 Å². The summed E-state index contributed by atoms with van der Waals surface area (Å²) in [6.45, 7) is 3.16. The Bertz CT molecular complexity index is 510. The van der Waals surface area contributed by atoms with Crippen LogP contribution < -0.4 is 0 Å². The molecule has 4 heteroatoms. The molecule has 1 fully saturated rings. The average molecular weight is 303 g/mol. The van der Waals surface area contributed by atoms with Gasteiger partial charge in [0.15, 0.2) is 5.78 Å². The molecule has 2 rings (SSSR count). The zero-order valence-corrected chi connectivity index (χ0v) is 13.3. The molecule has 1 heterocycles. The molecule has 1 aliphatic heterocycles. The van der Waals surface area contributed by atoms with Crippen molar-refractivity contribution in [1.29, 1.82) is 0 Å². The summed E-state index contributed by atoms with van der Waals surface area (Å²) in [7, 11) is 0. The smallest absolute Gasteiger partial charge is 0.223 e. The van der Waals surface area contributed by atoms with Crippen LogP contribution in [0.3, 0.4) is 0 Å². The van der Waals surface area contributed by atoms with Gasteiger partial charge >= 0.3 is 0 Å². The molecule has 1 aromatic carbocycles. The lowest BCUT2D eigenvalue weighted by Gasteiger charge is -2.15. The van der Waals surface area contributed by atoms with Crippen molar-refractivity contribution in [3.8, 4) is 0 Å². The minimum absolute atomic E-state index is 0.00939. The fourth-order valence-corrected chi connectivity index (χ4v) is 2.73. The van der Waals surface area contributed by atoms with Gasteiger partial charge in [-0.2, -0.15) is 0 Å². The van der Waals surface area contributed by atoms with Crippen molar-refractivity contribution in [1.82, 2.24) is 4.90 Å². The zero-order chi connectivity index (χ0) is 15.9. The SMILES string of the molecule is CCCCc1ccc(C(=O)CCC(=O)N2CC[C@@H](O)C2)cc1. The van der Waals surface area contributed by atoms with Crippen LogP contribution in [0.5, 0.6) is 0 Å². The number of aliphatic hydroxyl groups is 1. The molecule has 22 heavy (non-hydrogen) atoms. The number of benzene rings is 1. The Morgan fingerprint density at radius 2 is 1.95 bits per heavy atom. The highest BCUT2D eigenvalue weighted by molar-refractivity contribution is 5.98. The summed E-state index contributed by atoms with van der Waals surface area (Å²) in [5.41, 5.74) is 1.93. The van der Waals surface area contributed by atoms with E-state index in [4.69, 9.17) is 0 Å². The standard InChI is InChI=1S/C18H25NO3/c1-2-3-4-14-5-7-15(8-6-14)17(21)9-10-18(22)19-12-11-16(20)13-19/h5-8,16,20H,2-4,9-13H2,1H3/t16-/m1/s1. The first-order chi connectivity index (χ1) is 10.6. The lowest BCUT2D eigenvalue weighted by atomic mass is 10.0. The van der Waals surface area contributed by atoms with Gasteiger partial charge in [-0.1, -0.05) is 37.6 Å². The minimum Gasteiger partial charge on any atom is -0.391 e. The van der Waals surface area contributed by atoms with Gasteiger partial charge in [-0.15, -0.1) is 0 Å². The number of hydrogen-bond donors (Lipinski definition) is 1. The van der Waals surface area contributed by atoms with Crippen molar-refractivity contribution in [3.63, 3.8) is 0 Å². The first-order valence-electron chi connectivity index (χ1n) is 8.18. The molecule has 1 aromatic rings. The van der Waals surface area contributed by atoms with E-state index in [0.717, 1.165) is 19.3 Å². The first-order valence-corrected chi connectivity index (χ1v) is 8.18. The van der Waals surface area contributed by atoms with E-state index in [1.807, 2.05) is 24.3 Å². The maximum absolute atomic E-state index is 12.1. The molecule has 0 bridgehead atoms. The number of amides is 1. The molecule has 1 amide bonds. The fraction of sp³-hybridized carbons (Fsp3) is 0.556. The maximum Gasteiger partial charge on any atom is 0.223 e. The van der Waals surface area contributed by atoms with Crippen molar-refractivity contribution >= 4 is 11.7 Å². The van der Waals surface area contributed by atoms with Crippen molar-refractivity contribution in [2.75, 3.05) is 13.1 Å². The predicted molar refractivity (Wildman–Crippen MR) is 85.8 cm³/mol. The molecular weight excluding hydrogens is 278 g/mol. The predicted octanol–water partition coefficient (Wildman–Crippen LogP) is 2.59. The van der Waals surface area contributed by atoms with Gasteiger partial charge in [-0.3, -0.25) is 9.59 Å². The topological polar surface area (TPSA) is 57.6 Å². The number of likely N-dealkylation sites (tertiary alicyclic amines) is 1. The van der Waals surface area contributed by atoms with E-state index < -0.39 is 6.10 Å². The Labute approximate surface area is 132 Å². The number of carbonyl (C=O) groups is 2. The average Bonchev–Trinajstić information content (AvgIpc) is 2.97. The second-order valence-corrected chi connectivity index (χ2v) is 6.01. The molecule has 0 saturated carbocycles. The molecule has 120 valence electrons. The van der Waals surface area contributed by atoms with E-state index in [0.29, 0.717) is 25.1 Å². The summed E-state index contributed by atoms with van der Waals surface area (Å²) in [5, 5.41) is 9.43.